The zero-order chi connectivity index (χ0) is 25.9. The molecule has 37 heavy (non-hydrogen) atoms. The molecule has 0 aromatic heterocycles. The molecule has 0 spiro atoms. The number of fused-ring (bicyclic) bond motifs is 4. The molecule has 6 heteroatoms. The molecular weight excluding hydrogens is 482 g/mol. The number of carbonyl (C=O) groups excluding carboxylic acids is 1. The molecule has 1 saturated carbocycles. The van der Waals surface area contributed by atoms with Crippen molar-refractivity contribution in [1.29, 1.82) is 0 Å². The van der Waals surface area contributed by atoms with Crippen LogP contribution in [0.3, 0.4) is 0 Å². The van der Waals surface area contributed by atoms with Crippen molar-refractivity contribution in [1.82, 2.24) is 4.31 Å². The molecule has 5 nitrogen and oxygen atoms in total. The first-order valence-corrected chi connectivity index (χ1v) is 14.3. The fourth-order valence-corrected chi connectivity index (χ4v) is 9.14. The average molecular weight is 514 g/mol. The van der Waals surface area contributed by atoms with Crippen molar-refractivity contribution in [3.8, 4) is 0 Å². The van der Waals surface area contributed by atoms with Gasteiger partial charge in [-0.1, -0.05) is 92.7 Å². The largest absolute Gasteiger partial charge is 0.498 e. The van der Waals surface area contributed by atoms with Crippen LogP contribution in [0.2, 0.25) is 0 Å². The van der Waals surface area contributed by atoms with Gasteiger partial charge in [-0.15, -0.1) is 0 Å². The van der Waals surface area contributed by atoms with E-state index in [1.165, 1.54) is 0 Å². The molecule has 2 fully saturated rings. The molecule has 2 aliphatic carbocycles. The lowest BCUT2D eigenvalue weighted by Gasteiger charge is -2.33. The van der Waals surface area contributed by atoms with Crippen LogP contribution in [-0.4, -0.2) is 25.6 Å². The molecule has 7 atom stereocenters. The summed E-state index contributed by atoms with van der Waals surface area (Å²) in [6.45, 7) is 4.24. The van der Waals surface area contributed by atoms with Crippen LogP contribution in [0, 0.1) is 29.6 Å². The minimum atomic E-state index is -3.93. The smallest absolute Gasteiger partial charge is 0.264 e. The summed E-state index contributed by atoms with van der Waals surface area (Å²) >= 11 is 0. The maximum atomic E-state index is 14.4. The summed E-state index contributed by atoms with van der Waals surface area (Å²) in [4.78, 5) is 14.3. The Morgan fingerprint density at radius 3 is 1.81 bits per heavy atom. The van der Waals surface area contributed by atoms with Gasteiger partial charge in [0.2, 0.25) is 0 Å². The second-order valence-corrected chi connectivity index (χ2v) is 12.3. The van der Waals surface area contributed by atoms with Gasteiger partial charge in [-0.05, 0) is 35.1 Å². The molecule has 0 amide bonds. The number of methoxy groups -OCH3 is 1. The number of allylic oxidation sites excluding steroid dienone is 2. The highest BCUT2D eigenvalue weighted by Gasteiger charge is 2.65. The second kappa shape index (κ2) is 8.88. The lowest BCUT2D eigenvalue weighted by atomic mass is 9.72. The van der Waals surface area contributed by atoms with Gasteiger partial charge < -0.3 is 4.74 Å². The van der Waals surface area contributed by atoms with Crippen molar-refractivity contribution >= 4 is 15.8 Å². The van der Waals surface area contributed by atoms with Crippen molar-refractivity contribution in [2.75, 3.05) is 7.11 Å². The molecule has 3 aliphatic rings. The molecule has 1 heterocycles. The van der Waals surface area contributed by atoms with Crippen molar-refractivity contribution in [3.05, 3.63) is 114 Å². The zero-order valence-electron chi connectivity index (χ0n) is 21.2. The van der Waals surface area contributed by atoms with Crippen LogP contribution in [0.5, 0.6) is 0 Å². The van der Waals surface area contributed by atoms with E-state index in [0.717, 1.165) is 11.1 Å². The first-order valence-electron chi connectivity index (χ1n) is 12.9. The minimum Gasteiger partial charge on any atom is -0.498 e. The van der Waals surface area contributed by atoms with Crippen LogP contribution in [0.15, 0.2) is 107 Å². The van der Waals surface area contributed by atoms with E-state index in [4.69, 9.17) is 4.74 Å². The number of rotatable bonds is 5. The van der Waals surface area contributed by atoms with Gasteiger partial charge in [-0.25, -0.2) is 8.42 Å². The monoisotopic (exact) mass is 513 g/mol. The molecule has 0 radical (unpaired) electrons. The van der Waals surface area contributed by atoms with Gasteiger partial charge in [0, 0.05) is 17.8 Å². The summed E-state index contributed by atoms with van der Waals surface area (Å²) in [5.41, 5.74) is 2.67. The summed E-state index contributed by atoms with van der Waals surface area (Å²) in [6, 6.07) is 28.0. The van der Waals surface area contributed by atoms with Crippen LogP contribution in [0.4, 0.5) is 0 Å². The maximum absolute atomic E-state index is 14.4. The van der Waals surface area contributed by atoms with Gasteiger partial charge in [0.1, 0.15) is 11.5 Å². The van der Waals surface area contributed by atoms with E-state index in [-0.39, 0.29) is 40.3 Å². The highest BCUT2D eigenvalue weighted by Crippen LogP contribution is 2.64. The van der Waals surface area contributed by atoms with Crippen LogP contribution in [-0.2, 0) is 19.6 Å². The van der Waals surface area contributed by atoms with Crippen molar-refractivity contribution in [3.63, 3.8) is 0 Å². The lowest BCUT2D eigenvalue weighted by molar-refractivity contribution is -0.126. The second-order valence-electron chi connectivity index (χ2n) is 10.5. The van der Waals surface area contributed by atoms with E-state index in [2.05, 4.69) is 26.0 Å². The summed E-state index contributed by atoms with van der Waals surface area (Å²) in [5, 5.41) is 0. The quantitative estimate of drug-likeness (QED) is 0.433. The number of carbonyl (C=O) groups is 1. The Labute approximate surface area is 218 Å². The number of hydrogen-bond acceptors (Lipinski definition) is 4. The Kier molecular flexibility index (Phi) is 5.75. The van der Waals surface area contributed by atoms with Gasteiger partial charge in [-0.3, -0.25) is 9.10 Å². The van der Waals surface area contributed by atoms with Gasteiger partial charge >= 0.3 is 0 Å². The molecule has 0 unspecified atom stereocenters. The van der Waals surface area contributed by atoms with Crippen molar-refractivity contribution in [2.45, 2.75) is 30.7 Å². The highest BCUT2D eigenvalue weighted by atomic mass is 32.2. The third-order valence-electron chi connectivity index (χ3n) is 8.76. The Morgan fingerprint density at radius 1 is 0.703 bits per heavy atom. The zero-order valence-corrected chi connectivity index (χ0v) is 22.0. The number of hydrogen-bond donors (Lipinski definition) is 0. The minimum absolute atomic E-state index is 0.0470. The molecule has 1 saturated heterocycles. The summed E-state index contributed by atoms with van der Waals surface area (Å²) < 4.78 is 36.4. The van der Waals surface area contributed by atoms with Gasteiger partial charge in [0.25, 0.3) is 10.0 Å². The molecule has 0 N–H and O–H groups in total. The van der Waals surface area contributed by atoms with Crippen LogP contribution < -0.4 is 0 Å². The Bertz CT molecular complexity index is 1450. The average Bonchev–Trinajstić information content (AvgIpc) is 3.32. The van der Waals surface area contributed by atoms with E-state index in [1.807, 2.05) is 54.6 Å². The summed E-state index contributed by atoms with van der Waals surface area (Å²) in [6.07, 6.45) is 0. The molecule has 3 aromatic rings. The van der Waals surface area contributed by atoms with Crippen LogP contribution in [0.1, 0.15) is 36.9 Å². The molecule has 2 bridgehead atoms. The third kappa shape index (κ3) is 3.42. The van der Waals surface area contributed by atoms with Gasteiger partial charge in [0.15, 0.2) is 0 Å². The number of Topliss-reactive ketones (excluding diaryl/α,β-unsaturated/α-hetero) is 1. The number of ketones is 1. The topological polar surface area (TPSA) is 63.7 Å². The molecule has 3 aromatic carbocycles. The number of sulfonamides is 1. The Balaban J connectivity index is 1.61. The van der Waals surface area contributed by atoms with Crippen LogP contribution in [0.25, 0.3) is 0 Å². The first kappa shape index (κ1) is 24.0. The normalized spacial score (nSPS) is 30.9. The van der Waals surface area contributed by atoms with E-state index in [0.29, 0.717) is 11.5 Å². The van der Waals surface area contributed by atoms with E-state index >= 15 is 0 Å². The Hall–Kier alpha value is -3.38. The molecular formula is C31H31NO4S. The van der Waals surface area contributed by atoms with Crippen molar-refractivity contribution in [2.24, 2.45) is 29.6 Å². The number of nitrogens with zero attached hydrogens (tertiary/aromatic N) is 1. The van der Waals surface area contributed by atoms with Gasteiger partial charge in [-0.2, -0.15) is 0 Å². The summed E-state index contributed by atoms with van der Waals surface area (Å²) in [5.74, 6) is -0.492. The third-order valence-corrected chi connectivity index (χ3v) is 10.6. The molecule has 190 valence electrons. The fraction of sp³-hybridized carbons (Fsp3) is 0.323. The number of benzene rings is 3. The first-order chi connectivity index (χ1) is 17.9. The van der Waals surface area contributed by atoms with Gasteiger partial charge in [0.05, 0.1) is 29.7 Å². The van der Waals surface area contributed by atoms with E-state index in [9.17, 15) is 13.2 Å². The highest BCUT2D eigenvalue weighted by molar-refractivity contribution is 7.89. The molecule has 1 aliphatic heterocycles. The summed E-state index contributed by atoms with van der Waals surface area (Å²) in [7, 11) is -2.36. The van der Waals surface area contributed by atoms with Crippen LogP contribution >= 0.6 is 0 Å². The predicted molar refractivity (Wildman–Crippen MR) is 142 cm³/mol. The SMILES string of the molecule is COC1=C2[C@H]([C@@H](C)[C@H](c3ccccc3)N2S(=O)(=O)c2ccccc2)[C@@H]2C(=O)[C@H]1[C@H](c1ccccc1)[C@H]2C. The van der Waals surface area contributed by atoms with Crippen molar-refractivity contribution < 1.29 is 17.9 Å². The number of ether oxygens (including phenoxy) is 1. The predicted octanol–water partition coefficient (Wildman–Crippen LogP) is 5.79. The maximum Gasteiger partial charge on any atom is 0.264 e. The van der Waals surface area contributed by atoms with E-state index < -0.39 is 22.0 Å². The fourth-order valence-electron chi connectivity index (χ4n) is 7.33. The standard InChI is InChI=1S/C31H31NO4S/c1-19-24(21-13-7-4-8-14-21)27-30(33)26(19)25-20(2)28(22-15-9-5-10-16-22)32(29(25)31(27)36-3)37(34,35)23-17-11-6-12-18-23/h4-20,24-28H,1-3H3/t19-,20-,24+,25-,26-,27-,28-/m1/s1. The molecule has 6 rings (SSSR count). The lowest BCUT2D eigenvalue weighted by Crippen LogP contribution is -2.37. The van der Waals surface area contributed by atoms with E-state index in [1.54, 1.807) is 35.7 Å². The Morgan fingerprint density at radius 2 is 1.24 bits per heavy atom.